The van der Waals surface area contributed by atoms with Gasteiger partial charge in [0.2, 0.25) is 0 Å². The van der Waals surface area contributed by atoms with Crippen LogP contribution in [0.5, 0.6) is 5.75 Å². The maximum atomic E-state index is 10.1. The smallest absolute Gasteiger partial charge is 0.129 e. The van der Waals surface area contributed by atoms with Gasteiger partial charge in [-0.1, -0.05) is 0 Å². The highest BCUT2D eigenvalue weighted by Gasteiger charge is 2.13. The Morgan fingerprint density at radius 2 is 2.28 bits per heavy atom. The van der Waals surface area contributed by atoms with Gasteiger partial charge in [0, 0.05) is 28.9 Å². The molecule has 4 nitrogen and oxygen atoms in total. The highest BCUT2D eigenvalue weighted by atomic mass is 32.1. The molecule has 0 bridgehead atoms. The average molecular weight is 266 g/mol. The maximum Gasteiger partial charge on any atom is 0.129 e. The molecular weight excluding hydrogens is 248 g/mol. The lowest BCUT2D eigenvalue weighted by molar-refractivity contribution is 0.180. The van der Waals surface area contributed by atoms with Crippen LogP contribution in [0.3, 0.4) is 0 Å². The summed E-state index contributed by atoms with van der Waals surface area (Å²) in [5.74, 6) is 0.793. The molecule has 98 valence electrons. The summed E-state index contributed by atoms with van der Waals surface area (Å²) in [6.07, 6.45) is 1.96. The molecule has 0 aliphatic rings. The van der Waals surface area contributed by atoms with E-state index in [0.717, 1.165) is 16.3 Å². The molecule has 18 heavy (non-hydrogen) atoms. The highest BCUT2D eigenvalue weighted by molar-refractivity contribution is 7.10. The number of thiophene rings is 1. The van der Waals surface area contributed by atoms with E-state index in [1.54, 1.807) is 7.11 Å². The number of rotatable bonds is 5. The lowest BCUT2D eigenvalue weighted by atomic mass is 10.2. The van der Waals surface area contributed by atoms with Crippen LogP contribution >= 0.6 is 11.3 Å². The first-order valence-electron chi connectivity index (χ1n) is 5.94. The van der Waals surface area contributed by atoms with Gasteiger partial charge in [0.1, 0.15) is 5.75 Å². The van der Waals surface area contributed by atoms with E-state index in [9.17, 15) is 5.11 Å². The minimum absolute atomic E-state index is 0.345. The largest absolute Gasteiger partial charge is 0.496 e. The van der Waals surface area contributed by atoms with Gasteiger partial charge in [0.05, 0.1) is 18.9 Å². The zero-order valence-electron chi connectivity index (χ0n) is 10.8. The van der Waals surface area contributed by atoms with Crippen molar-refractivity contribution in [2.45, 2.75) is 32.4 Å². The van der Waals surface area contributed by atoms with Gasteiger partial charge in [0.25, 0.3) is 0 Å². The van der Waals surface area contributed by atoms with E-state index in [4.69, 9.17) is 4.74 Å². The van der Waals surface area contributed by atoms with Crippen LogP contribution in [-0.4, -0.2) is 22.0 Å². The Bertz CT molecular complexity index is 505. The summed E-state index contributed by atoms with van der Waals surface area (Å²) < 4.78 is 7.01. The molecule has 1 unspecified atom stereocenters. The van der Waals surface area contributed by atoms with Gasteiger partial charge in [-0.05, 0) is 26.0 Å². The van der Waals surface area contributed by atoms with Crippen molar-refractivity contribution in [3.63, 3.8) is 0 Å². The summed E-state index contributed by atoms with van der Waals surface area (Å²) in [7, 11) is 1.63. The van der Waals surface area contributed by atoms with Crippen LogP contribution in [0.4, 0.5) is 0 Å². The second-order valence-corrected chi connectivity index (χ2v) is 5.43. The van der Waals surface area contributed by atoms with Gasteiger partial charge in [-0.25, -0.2) is 0 Å². The minimum Gasteiger partial charge on any atom is -0.496 e. The molecule has 1 atom stereocenters. The number of aliphatic hydroxyl groups is 1. The summed E-state index contributed by atoms with van der Waals surface area (Å²) >= 11 is 1.50. The quantitative estimate of drug-likeness (QED) is 0.905. The van der Waals surface area contributed by atoms with Crippen molar-refractivity contribution in [2.75, 3.05) is 7.11 Å². The Hall–Kier alpha value is -1.33. The lowest BCUT2D eigenvalue weighted by Gasteiger charge is -2.07. The first-order chi connectivity index (χ1) is 8.60. The molecule has 0 aliphatic heterocycles. The number of methoxy groups -OCH3 is 1. The Morgan fingerprint density at radius 3 is 2.83 bits per heavy atom. The van der Waals surface area contributed by atoms with E-state index in [-0.39, 0.29) is 0 Å². The molecule has 0 saturated heterocycles. The Morgan fingerprint density at radius 1 is 1.50 bits per heavy atom. The number of nitrogens with zero attached hydrogens (tertiary/aromatic N) is 2. The molecule has 0 amide bonds. The summed E-state index contributed by atoms with van der Waals surface area (Å²) in [6.45, 7) is 4.16. The minimum atomic E-state index is -0.519. The third-order valence-corrected chi connectivity index (χ3v) is 3.77. The zero-order valence-corrected chi connectivity index (χ0v) is 11.6. The molecule has 0 aromatic carbocycles. The zero-order chi connectivity index (χ0) is 13.1. The summed E-state index contributed by atoms with van der Waals surface area (Å²) in [6, 6.07) is 4.17. The number of aromatic nitrogens is 2. The van der Waals surface area contributed by atoms with Crippen molar-refractivity contribution in [1.29, 1.82) is 0 Å². The predicted octanol–water partition coefficient (Wildman–Crippen LogP) is 2.81. The lowest BCUT2D eigenvalue weighted by Crippen LogP contribution is -2.04. The fourth-order valence-corrected chi connectivity index (χ4v) is 2.53. The Labute approximate surface area is 111 Å². The molecule has 5 heteroatoms. The monoisotopic (exact) mass is 266 g/mol. The number of hydrogen-bond acceptors (Lipinski definition) is 4. The van der Waals surface area contributed by atoms with Gasteiger partial charge in [0.15, 0.2) is 0 Å². The van der Waals surface area contributed by atoms with Crippen LogP contribution in [0.1, 0.15) is 36.6 Å². The van der Waals surface area contributed by atoms with Crippen LogP contribution in [0, 0.1) is 0 Å². The fourth-order valence-electron chi connectivity index (χ4n) is 1.69. The second kappa shape index (κ2) is 5.54. The van der Waals surface area contributed by atoms with Crippen LogP contribution in [0.25, 0.3) is 0 Å². The topological polar surface area (TPSA) is 47.3 Å². The number of aliphatic hydroxyl groups excluding tert-OH is 1. The SMILES string of the molecule is COc1csc(C(O)Cc2ccn(C(C)C)n2)c1. The van der Waals surface area contributed by atoms with E-state index >= 15 is 0 Å². The molecule has 0 radical (unpaired) electrons. The van der Waals surface area contributed by atoms with Crippen molar-refractivity contribution in [2.24, 2.45) is 0 Å². The van der Waals surface area contributed by atoms with Crippen LogP contribution in [-0.2, 0) is 6.42 Å². The molecule has 2 heterocycles. The van der Waals surface area contributed by atoms with Crippen LogP contribution < -0.4 is 4.74 Å². The summed E-state index contributed by atoms with van der Waals surface area (Å²) in [4.78, 5) is 0.908. The standard InChI is InChI=1S/C13H18N2O2S/c1-9(2)15-5-4-10(14-15)6-12(16)13-7-11(17-3)8-18-13/h4-5,7-9,12,16H,6H2,1-3H3. The van der Waals surface area contributed by atoms with Gasteiger partial charge in [-0.2, -0.15) is 5.10 Å². The molecule has 2 aromatic heterocycles. The third kappa shape index (κ3) is 2.91. The van der Waals surface area contributed by atoms with E-state index in [0.29, 0.717) is 12.5 Å². The summed E-state index contributed by atoms with van der Waals surface area (Å²) in [5.41, 5.74) is 0.906. The van der Waals surface area contributed by atoms with Crippen LogP contribution in [0.15, 0.2) is 23.7 Å². The average Bonchev–Trinajstić information content (AvgIpc) is 2.96. The highest BCUT2D eigenvalue weighted by Crippen LogP contribution is 2.28. The second-order valence-electron chi connectivity index (χ2n) is 4.49. The maximum absolute atomic E-state index is 10.1. The van der Waals surface area contributed by atoms with E-state index in [1.807, 2.05) is 28.4 Å². The van der Waals surface area contributed by atoms with Crippen molar-refractivity contribution in [3.8, 4) is 5.75 Å². The van der Waals surface area contributed by atoms with Crippen molar-refractivity contribution >= 4 is 11.3 Å². The van der Waals surface area contributed by atoms with Gasteiger partial charge in [-0.3, -0.25) is 4.68 Å². The van der Waals surface area contributed by atoms with Gasteiger partial charge < -0.3 is 9.84 Å². The molecule has 1 N–H and O–H groups in total. The predicted molar refractivity (Wildman–Crippen MR) is 72.1 cm³/mol. The molecule has 2 rings (SSSR count). The Kier molecular flexibility index (Phi) is 4.04. The summed E-state index contributed by atoms with van der Waals surface area (Å²) in [5, 5.41) is 16.5. The van der Waals surface area contributed by atoms with Crippen molar-refractivity contribution in [1.82, 2.24) is 9.78 Å². The number of ether oxygens (including phenoxy) is 1. The van der Waals surface area contributed by atoms with E-state index < -0.39 is 6.10 Å². The molecule has 2 aromatic rings. The molecule has 0 spiro atoms. The number of hydrogen-bond donors (Lipinski definition) is 1. The van der Waals surface area contributed by atoms with Gasteiger partial charge in [-0.15, -0.1) is 11.3 Å². The van der Waals surface area contributed by atoms with Crippen molar-refractivity contribution < 1.29 is 9.84 Å². The van der Waals surface area contributed by atoms with Crippen molar-refractivity contribution in [3.05, 3.63) is 34.3 Å². The molecule has 0 fully saturated rings. The Balaban J connectivity index is 2.03. The normalized spacial score (nSPS) is 12.9. The third-order valence-electron chi connectivity index (χ3n) is 2.75. The van der Waals surface area contributed by atoms with Crippen LogP contribution in [0.2, 0.25) is 0 Å². The van der Waals surface area contributed by atoms with E-state index in [1.165, 1.54) is 11.3 Å². The molecule has 0 saturated carbocycles. The molecule has 0 aliphatic carbocycles. The molecular formula is C13H18N2O2S. The fraction of sp³-hybridized carbons (Fsp3) is 0.462. The van der Waals surface area contributed by atoms with E-state index in [2.05, 4.69) is 18.9 Å². The van der Waals surface area contributed by atoms with Gasteiger partial charge >= 0.3 is 0 Å². The first kappa shape index (κ1) is 13.1. The first-order valence-corrected chi connectivity index (χ1v) is 6.82.